The van der Waals surface area contributed by atoms with E-state index < -0.39 is 0 Å². The summed E-state index contributed by atoms with van der Waals surface area (Å²) < 4.78 is 0. The van der Waals surface area contributed by atoms with E-state index >= 15 is 0 Å². The minimum atomic E-state index is 0. The van der Waals surface area contributed by atoms with Gasteiger partial charge in [-0.15, -0.1) is 12.4 Å². The van der Waals surface area contributed by atoms with Crippen molar-refractivity contribution in [2.24, 2.45) is 5.73 Å². The lowest BCUT2D eigenvalue weighted by molar-refractivity contribution is 0.243. The van der Waals surface area contributed by atoms with Gasteiger partial charge in [0, 0.05) is 25.2 Å². The molecule has 0 bridgehead atoms. The van der Waals surface area contributed by atoms with E-state index in [4.69, 9.17) is 5.73 Å². The predicted octanol–water partition coefficient (Wildman–Crippen LogP) is 1.38. The molecule has 0 radical (unpaired) electrons. The third kappa shape index (κ3) is 2.12. The van der Waals surface area contributed by atoms with E-state index in [0.717, 1.165) is 12.6 Å². The maximum atomic E-state index is 5.85. The van der Waals surface area contributed by atoms with Crippen molar-refractivity contribution < 1.29 is 0 Å². The number of nitrogens with two attached hydrogens (primary N) is 1. The maximum Gasteiger partial charge on any atom is 0.0180 e. The predicted molar refractivity (Wildman–Crippen MR) is 53.7 cm³/mol. The van der Waals surface area contributed by atoms with Gasteiger partial charge in [0.05, 0.1) is 0 Å². The summed E-state index contributed by atoms with van der Waals surface area (Å²) in [6, 6.07) is 1.36. The summed E-state index contributed by atoms with van der Waals surface area (Å²) in [6.07, 6.45) is 6.95. The highest BCUT2D eigenvalue weighted by Gasteiger charge is 2.27. The molecule has 1 atom stereocenters. The number of hydrogen-bond donors (Lipinski definition) is 1. The Morgan fingerprint density at radius 2 is 1.75 bits per heavy atom. The van der Waals surface area contributed by atoms with Crippen molar-refractivity contribution in [3.05, 3.63) is 0 Å². The molecule has 1 heterocycles. The Kier molecular flexibility index (Phi) is 3.81. The van der Waals surface area contributed by atoms with Crippen molar-refractivity contribution in [1.82, 2.24) is 4.90 Å². The van der Waals surface area contributed by atoms with Crippen LogP contribution in [0.2, 0.25) is 0 Å². The molecule has 0 aromatic heterocycles. The van der Waals surface area contributed by atoms with E-state index in [1.165, 1.54) is 38.6 Å². The van der Waals surface area contributed by atoms with Crippen molar-refractivity contribution in [2.75, 3.05) is 13.1 Å². The Morgan fingerprint density at radius 3 is 2.25 bits per heavy atom. The number of hydrogen-bond acceptors (Lipinski definition) is 2. The number of nitrogens with zero attached hydrogens (tertiary/aromatic N) is 1. The molecule has 12 heavy (non-hydrogen) atoms. The number of rotatable bonds is 1. The van der Waals surface area contributed by atoms with Crippen LogP contribution in [0.1, 0.15) is 32.1 Å². The van der Waals surface area contributed by atoms with Crippen LogP contribution in [0, 0.1) is 0 Å². The fraction of sp³-hybridized carbons (Fsp3) is 1.00. The van der Waals surface area contributed by atoms with Crippen molar-refractivity contribution in [1.29, 1.82) is 0 Å². The summed E-state index contributed by atoms with van der Waals surface area (Å²) in [5.74, 6) is 0. The molecule has 2 nitrogen and oxygen atoms in total. The van der Waals surface area contributed by atoms with Gasteiger partial charge < -0.3 is 5.73 Å². The molecule has 1 aliphatic heterocycles. The van der Waals surface area contributed by atoms with Crippen LogP contribution < -0.4 is 5.73 Å². The molecule has 1 saturated heterocycles. The molecular formula is C9H19ClN2. The quantitative estimate of drug-likeness (QED) is 0.677. The van der Waals surface area contributed by atoms with Crippen molar-refractivity contribution >= 4 is 12.4 Å². The second-order valence-electron chi connectivity index (χ2n) is 3.98. The minimum absolute atomic E-state index is 0. The zero-order chi connectivity index (χ0) is 7.68. The van der Waals surface area contributed by atoms with Crippen LogP contribution in [0.25, 0.3) is 0 Å². The van der Waals surface area contributed by atoms with Crippen LogP contribution in [0.5, 0.6) is 0 Å². The molecule has 0 spiro atoms. The lowest BCUT2D eigenvalue weighted by atomic mass is 10.2. The van der Waals surface area contributed by atoms with Gasteiger partial charge in [-0.3, -0.25) is 4.90 Å². The first kappa shape index (κ1) is 10.3. The van der Waals surface area contributed by atoms with Gasteiger partial charge in [-0.2, -0.15) is 0 Å². The van der Waals surface area contributed by atoms with Gasteiger partial charge in [0.15, 0.2) is 0 Å². The molecule has 3 heteroatoms. The van der Waals surface area contributed by atoms with Gasteiger partial charge in [0.25, 0.3) is 0 Å². The highest BCUT2D eigenvalue weighted by molar-refractivity contribution is 5.85. The summed E-state index contributed by atoms with van der Waals surface area (Å²) in [6.45, 7) is 2.41. The molecule has 1 aliphatic carbocycles. The molecule has 0 aromatic rings. The zero-order valence-electron chi connectivity index (χ0n) is 7.54. The second kappa shape index (κ2) is 4.45. The third-order valence-corrected chi connectivity index (χ3v) is 3.10. The number of likely N-dealkylation sites (tertiary alicyclic amines) is 1. The van der Waals surface area contributed by atoms with Gasteiger partial charge in [-0.25, -0.2) is 0 Å². The first-order chi connectivity index (χ1) is 5.36. The Balaban J connectivity index is 0.000000720. The molecule has 1 saturated carbocycles. The summed E-state index contributed by atoms with van der Waals surface area (Å²) in [5.41, 5.74) is 5.85. The smallest absolute Gasteiger partial charge is 0.0180 e. The Hall–Kier alpha value is 0.210. The van der Waals surface area contributed by atoms with Crippen molar-refractivity contribution in [2.45, 2.75) is 44.2 Å². The van der Waals surface area contributed by atoms with Gasteiger partial charge in [-0.05, 0) is 19.3 Å². The lowest BCUT2D eigenvalue weighted by Crippen LogP contribution is -2.33. The van der Waals surface area contributed by atoms with E-state index in [9.17, 15) is 0 Å². The van der Waals surface area contributed by atoms with Crippen LogP contribution in [0.4, 0.5) is 0 Å². The fourth-order valence-electron chi connectivity index (χ4n) is 2.42. The van der Waals surface area contributed by atoms with Crippen molar-refractivity contribution in [3.8, 4) is 0 Å². The molecule has 2 fully saturated rings. The maximum absolute atomic E-state index is 5.85. The monoisotopic (exact) mass is 190 g/mol. The summed E-state index contributed by atoms with van der Waals surface area (Å²) >= 11 is 0. The third-order valence-electron chi connectivity index (χ3n) is 3.10. The first-order valence-corrected chi connectivity index (χ1v) is 4.86. The summed E-state index contributed by atoms with van der Waals surface area (Å²) in [5, 5.41) is 0. The van der Waals surface area contributed by atoms with Crippen molar-refractivity contribution in [3.63, 3.8) is 0 Å². The standard InChI is InChI=1S/C9H18N2.ClH/c10-8-5-6-11(7-8)9-3-1-2-4-9;/h8-9H,1-7,10H2;1H/t8-;/m1./s1. The number of halogens is 1. The largest absolute Gasteiger partial charge is 0.326 e. The molecule has 2 rings (SSSR count). The van der Waals surface area contributed by atoms with Crippen LogP contribution >= 0.6 is 12.4 Å². The molecule has 0 unspecified atom stereocenters. The van der Waals surface area contributed by atoms with E-state index in [1.807, 2.05) is 0 Å². The SMILES string of the molecule is Cl.N[C@@H]1CCN(C2CCCC2)C1. The highest BCUT2D eigenvalue weighted by Crippen LogP contribution is 2.25. The van der Waals surface area contributed by atoms with Gasteiger partial charge in [0.2, 0.25) is 0 Å². The summed E-state index contributed by atoms with van der Waals surface area (Å²) in [7, 11) is 0. The summed E-state index contributed by atoms with van der Waals surface area (Å²) in [4.78, 5) is 2.59. The normalized spacial score (nSPS) is 32.2. The minimum Gasteiger partial charge on any atom is -0.326 e. The van der Waals surface area contributed by atoms with Crippen LogP contribution in [0.3, 0.4) is 0 Å². The van der Waals surface area contributed by atoms with Crippen LogP contribution in [0.15, 0.2) is 0 Å². The van der Waals surface area contributed by atoms with E-state index in [-0.39, 0.29) is 12.4 Å². The average molecular weight is 191 g/mol. The van der Waals surface area contributed by atoms with E-state index in [0.29, 0.717) is 6.04 Å². The van der Waals surface area contributed by atoms with Gasteiger partial charge in [0.1, 0.15) is 0 Å². The van der Waals surface area contributed by atoms with E-state index in [1.54, 1.807) is 0 Å². The van der Waals surface area contributed by atoms with Crippen LogP contribution in [-0.2, 0) is 0 Å². The molecule has 0 amide bonds. The first-order valence-electron chi connectivity index (χ1n) is 4.86. The van der Waals surface area contributed by atoms with E-state index in [2.05, 4.69) is 4.90 Å². The van der Waals surface area contributed by atoms with Crippen LogP contribution in [-0.4, -0.2) is 30.1 Å². The molecule has 2 N–H and O–H groups in total. The molecule has 2 aliphatic rings. The lowest BCUT2D eigenvalue weighted by Gasteiger charge is -2.22. The zero-order valence-corrected chi connectivity index (χ0v) is 8.35. The topological polar surface area (TPSA) is 29.3 Å². The highest BCUT2D eigenvalue weighted by atomic mass is 35.5. The second-order valence-corrected chi connectivity index (χ2v) is 3.98. The Bertz CT molecular complexity index is 134. The van der Waals surface area contributed by atoms with Gasteiger partial charge in [-0.1, -0.05) is 12.8 Å². The fourth-order valence-corrected chi connectivity index (χ4v) is 2.42. The Morgan fingerprint density at radius 1 is 1.08 bits per heavy atom. The Labute approximate surface area is 80.9 Å². The molecule has 0 aromatic carbocycles. The molecular weight excluding hydrogens is 172 g/mol. The van der Waals surface area contributed by atoms with Gasteiger partial charge >= 0.3 is 0 Å². The average Bonchev–Trinajstić information content (AvgIpc) is 2.55. The molecule has 72 valence electrons.